The summed E-state index contributed by atoms with van der Waals surface area (Å²) < 4.78 is 0. The van der Waals surface area contributed by atoms with Gasteiger partial charge in [-0.15, -0.1) is 0 Å². The zero-order chi connectivity index (χ0) is 9.68. The summed E-state index contributed by atoms with van der Waals surface area (Å²) in [6.45, 7) is 2.73. The Morgan fingerprint density at radius 1 is 1.46 bits per heavy atom. The van der Waals surface area contributed by atoms with Gasteiger partial charge < -0.3 is 11.1 Å². The second-order valence-corrected chi connectivity index (χ2v) is 3.06. The van der Waals surface area contributed by atoms with E-state index in [9.17, 15) is 0 Å². The Bertz CT molecular complexity index is 249. The second-order valence-electron chi connectivity index (χ2n) is 3.06. The number of aromatic nitrogens is 1. The molecule has 0 amide bonds. The molecule has 0 fully saturated rings. The van der Waals surface area contributed by atoms with E-state index < -0.39 is 0 Å². The molecule has 0 radical (unpaired) electrons. The number of nitrogens with two attached hydrogens (primary N) is 1. The maximum Gasteiger partial charge on any atom is 0.126 e. The normalized spacial score (nSPS) is 10.1. The molecule has 0 aromatic carbocycles. The molecular weight excluding hydrogens is 162 g/mol. The topological polar surface area (TPSA) is 50.9 Å². The van der Waals surface area contributed by atoms with Gasteiger partial charge in [-0.1, -0.05) is 13.3 Å². The van der Waals surface area contributed by atoms with Crippen LogP contribution in [0.15, 0.2) is 12.1 Å². The maximum atomic E-state index is 5.58. The summed E-state index contributed by atoms with van der Waals surface area (Å²) in [5, 5.41) is 3.03. The first-order valence-electron chi connectivity index (χ1n) is 4.67. The molecule has 1 rings (SSSR count). The smallest absolute Gasteiger partial charge is 0.126 e. The number of anilines is 1. The van der Waals surface area contributed by atoms with E-state index in [1.807, 2.05) is 13.1 Å². The minimum absolute atomic E-state index is 0.577. The Morgan fingerprint density at radius 2 is 2.23 bits per heavy atom. The number of hydrogen-bond donors (Lipinski definition) is 2. The van der Waals surface area contributed by atoms with E-state index in [4.69, 9.17) is 5.73 Å². The maximum absolute atomic E-state index is 5.58. The van der Waals surface area contributed by atoms with Crippen LogP contribution in [0.2, 0.25) is 0 Å². The first kappa shape index (κ1) is 9.99. The molecule has 13 heavy (non-hydrogen) atoms. The zero-order valence-electron chi connectivity index (χ0n) is 8.30. The van der Waals surface area contributed by atoms with Gasteiger partial charge in [0.25, 0.3) is 0 Å². The molecule has 3 nitrogen and oxygen atoms in total. The Labute approximate surface area is 79.4 Å². The average Bonchev–Trinajstić information content (AvgIpc) is 2.17. The van der Waals surface area contributed by atoms with Crippen LogP contribution in [0.25, 0.3) is 0 Å². The molecule has 0 aliphatic heterocycles. The van der Waals surface area contributed by atoms with E-state index in [-0.39, 0.29) is 0 Å². The van der Waals surface area contributed by atoms with Gasteiger partial charge in [0.2, 0.25) is 0 Å². The quantitative estimate of drug-likeness (QED) is 0.737. The third kappa shape index (κ3) is 2.70. The molecule has 3 heteroatoms. The van der Waals surface area contributed by atoms with Crippen molar-refractivity contribution in [2.45, 2.75) is 26.3 Å². The van der Waals surface area contributed by atoms with Crippen molar-refractivity contribution in [1.29, 1.82) is 0 Å². The van der Waals surface area contributed by atoms with Crippen molar-refractivity contribution < 1.29 is 0 Å². The first-order valence-corrected chi connectivity index (χ1v) is 4.67. The molecule has 0 spiro atoms. The highest BCUT2D eigenvalue weighted by molar-refractivity contribution is 5.39. The van der Waals surface area contributed by atoms with Crippen molar-refractivity contribution in [3.63, 3.8) is 0 Å². The number of pyridine rings is 1. The molecule has 72 valence electrons. The highest BCUT2D eigenvalue weighted by Gasteiger charge is 1.99. The van der Waals surface area contributed by atoms with Crippen LogP contribution in [0.3, 0.4) is 0 Å². The lowest BCUT2D eigenvalue weighted by molar-refractivity contribution is 0.876. The van der Waals surface area contributed by atoms with Crippen molar-refractivity contribution >= 4 is 5.82 Å². The van der Waals surface area contributed by atoms with Crippen molar-refractivity contribution in [1.82, 2.24) is 4.98 Å². The fourth-order valence-corrected chi connectivity index (χ4v) is 1.28. The average molecular weight is 179 g/mol. The lowest BCUT2D eigenvalue weighted by Gasteiger charge is -2.06. The fourth-order valence-electron chi connectivity index (χ4n) is 1.28. The van der Waals surface area contributed by atoms with Crippen molar-refractivity contribution in [2.75, 3.05) is 12.4 Å². The summed E-state index contributed by atoms with van der Waals surface area (Å²) in [4.78, 5) is 4.42. The summed E-state index contributed by atoms with van der Waals surface area (Å²) in [6, 6.07) is 4.06. The molecule has 0 bridgehead atoms. The van der Waals surface area contributed by atoms with Gasteiger partial charge in [0, 0.05) is 19.3 Å². The third-order valence-electron chi connectivity index (χ3n) is 1.94. The monoisotopic (exact) mass is 179 g/mol. The molecule has 0 aliphatic carbocycles. The van der Waals surface area contributed by atoms with Gasteiger partial charge in [-0.3, -0.25) is 0 Å². The van der Waals surface area contributed by atoms with E-state index in [2.05, 4.69) is 23.3 Å². The highest BCUT2D eigenvalue weighted by atomic mass is 15.0. The minimum atomic E-state index is 0.577. The van der Waals surface area contributed by atoms with E-state index in [0.717, 1.165) is 29.9 Å². The van der Waals surface area contributed by atoms with Crippen LogP contribution in [0.4, 0.5) is 5.82 Å². The lowest BCUT2D eigenvalue weighted by Crippen LogP contribution is -2.02. The van der Waals surface area contributed by atoms with E-state index in [0.29, 0.717) is 6.54 Å². The Hall–Kier alpha value is -1.09. The molecular formula is C10H17N3. The Balaban J connectivity index is 2.93. The van der Waals surface area contributed by atoms with Gasteiger partial charge in [0.1, 0.15) is 5.82 Å². The predicted molar refractivity (Wildman–Crippen MR) is 55.7 cm³/mol. The molecule has 1 aromatic rings. The zero-order valence-corrected chi connectivity index (χ0v) is 8.30. The van der Waals surface area contributed by atoms with Crippen molar-refractivity contribution in [2.24, 2.45) is 5.73 Å². The van der Waals surface area contributed by atoms with Crippen LogP contribution in [0.5, 0.6) is 0 Å². The lowest BCUT2D eigenvalue weighted by atomic mass is 10.1. The van der Waals surface area contributed by atoms with Gasteiger partial charge in [0.05, 0.1) is 0 Å². The van der Waals surface area contributed by atoms with Gasteiger partial charge in [-0.05, 0) is 24.1 Å². The first-order chi connectivity index (χ1) is 6.30. The fraction of sp³-hybridized carbons (Fsp3) is 0.500. The highest BCUT2D eigenvalue weighted by Crippen LogP contribution is 2.10. The Kier molecular flexibility index (Phi) is 3.71. The number of hydrogen-bond acceptors (Lipinski definition) is 3. The van der Waals surface area contributed by atoms with Crippen LogP contribution < -0.4 is 11.1 Å². The summed E-state index contributed by atoms with van der Waals surface area (Å²) in [6.07, 6.45) is 2.13. The van der Waals surface area contributed by atoms with E-state index in [1.54, 1.807) is 0 Å². The second kappa shape index (κ2) is 4.82. The number of aryl methyl sites for hydroxylation is 1. The van der Waals surface area contributed by atoms with Crippen LogP contribution in [-0.4, -0.2) is 12.0 Å². The minimum Gasteiger partial charge on any atom is -0.373 e. The van der Waals surface area contributed by atoms with Crippen molar-refractivity contribution in [3.05, 3.63) is 23.4 Å². The van der Waals surface area contributed by atoms with Crippen LogP contribution in [0, 0.1) is 0 Å². The molecule has 0 unspecified atom stereocenters. The third-order valence-corrected chi connectivity index (χ3v) is 1.94. The van der Waals surface area contributed by atoms with E-state index in [1.165, 1.54) is 0 Å². The van der Waals surface area contributed by atoms with Gasteiger partial charge in [-0.2, -0.15) is 0 Å². The molecule has 0 saturated heterocycles. The summed E-state index contributed by atoms with van der Waals surface area (Å²) >= 11 is 0. The van der Waals surface area contributed by atoms with Crippen LogP contribution in [-0.2, 0) is 13.0 Å². The number of nitrogens with zero attached hydrogens (tertiary/aromatic N) is 1. The van der Waals surface area contributed by atoms with E-state index >= 15 is 0 Å². The molecule has 0 saturated carbocycles. The van der Waals surface area contributed by atoms with Gasteiger partial charge in [0.15, 0.2) is 0 Å². The predicted octanol–water partition coefficient (Wildman–Crippen LogP) is 1.53. The van der Waals surface area contributed by atoms with Gasteiger partial charge in [-0.25, -0.2) is 4.98 Å². The molecule has 1 heterocycles. The summed E-state index contributed by atoms with van der Waals surface area (Å²) in [5.41, 5.74) is 7.84. The van der Waals surface area contributed by atoms with Gasteiger partial charge >= 0.3 is 0 Å². The number of rotatable bonds is 4. The SMILES string of the molecule is CCCc1cc(CN)cc(NC)n1. The Morgan fingerprint density at radius 3 is 2.77 bits per heavy atom. The molecule has 0 atom stereocenters. The molecule has 3 N–H and O–H groups in total. The summed E-state index contributed by atoms with van der Waals surface area (Å²) in [5.74, 6) is 0.909. The molecule has 1 aromatic heterocycles. The van der Waals surface area contributed by atoms with Crippen LogP contribution >= 0.6 is 0 Å². The van der Waals surface area contributed by atoms with Crippen LogP contribution in [0.1, 0.15) is 24.6 Å². The summed E-state index contributed by atoms with van der Waals surface area (Å²) in [7, 11) is 1.87. The standard InChI is InChI=1S/C10H17N3/c1-3-4-9-5-8(7-11)6-10(12-2)13-9/h5-6H,3-4,7,11H2,1-2H3,(H,12,13). The molecule has 0 aliphatic rings. The largest absolute Gasteiger partial charge is 0.373 e. The van der Waals surface area contributed by atoms with Crippen molar-refractivity contribution in [3.8, 4) is 0 Å². The number of nitrogens with one attached hydrogen (secondary N) is 1.